The number of nitrogens with zero attached hydrogens (tertiary/aromatic N) is 2. The van der Waals surface area contributed by atoms with Gasteiger partial charge in [0.05, 0.1) is 16.6 Å². The summed E-state index contributed by atoms with van der Waals surface area (Å²) in [7, 11) is 0. The number of aromatic carboxylic acids is 1. The van der Waals surface area contributed by atoms with Crippen LogP contribution in [0.25, 0.3) is 11.0 Å². The van der Waals surface area contributed by atoms with Crippen LogP contribution in [0.4, 0.5) is 4.39 Å². The number of benzene rings is 3. The molecule has 5 nitrogen and oxygen atoms in total. The fourth-order valence-electron chi connectivity index (χ4n) is 3.37. The van der Waals surface area contributed by atoms with E-state index in [1.165, 1.54) is 12.1 Å². The highest BCUT2D eigenvalue weighted by molar-refractivity contribution is 5.92. The Bertz CT molecular complexity index is 1180. The van der Waals surface area contributed by atoms with Crippen molar-refractivity contribution in [1.29, 1.82) is 0 Å². The van der Waals surface area contributed by atoms with Crippen LogP contribution in [0, 0.1) is 5.82 Å². The van der Waals surface area contributed by atoms with Crippen LogP contribution in [-0.2, 0) is 19.6 Å². The Balaban J connectivity index is 1.52. The topological polar surface area (TPSA) is 64.3 Å². The van der Waals surface area contributed by atoms with E-state index in [4.69, 9.17) is 4.74 Å². The van der Waals surface area contributed by atoms with E-state index < -0.39 is 5.97 Å². The van der Waals surface area contributed by atoms with Crippen molar-refractivity contribution in [2.75, 3.05) is 0 Å². The van der Waals surface area contributed by atoms with Gasteiger partial charge in [-0.3, -0.25) is 0 Å². The van der Waals surface area contributed by atoms with Crippen molar-refractivity contribution in [3.8, 4) is 5.75 Å². The van der Waals surface area contributed by atoms with Gasteiger partial charge >= 0.3 is 5.97 Å². The number of hydrogen-bond acceptors (Lipinski definition) is 3. The number of imidazole rings is 1. The van der Waals surface area contributed by atoms with Crippen LogP contribution in [0.5, 0.6) is 5.75 Å². The molecule has 6 heteroatoms. The third-order valence-corrected chi connectivity index (χ3v) is 4.97. The summed E-state index contributed by atoms with van der Waals surface area (Å²) in [5, 5.41) is 9.30. The van der Waals surface area contributed by atoms with Crippen LogP contribution in [-0.4, -0.2) is 20.6 Å². The van der Waals surface area contributed by atoms with Gasteiger partial charge in [-0.15, -0.1) is 0 Å². The number of halogens is 1. The number of aryl methyl sites for hydroxylation is 1. The van der Waals surface area contributed by atoms with Gasteiger partial charge in [-0.05, 0) is 53.6 Å². The number of carbonyl (C=O) groups is 1. The Morgan fingerprint density at radius 3 is 2.40 bits per heavy atom. The quantitative estimate of drug-likeness (QED) is 0.467. The first-order valence-corrected chi connectivity index (χ1v) is 9.72. The molecule has 0 aliphatic carbocycles. The molecule has 0 fully saturated rings. The molecule has 1 heterocycles. The lowest BCUT2D eigenvalue weighted by molar-refractivity contribution is 0.0697. The van der Waals surface area contributed by atoms with E-state index in [-0.39, 0.29) is 11.4 Å². The van der Waals surface area contributed by atoms with Gasteiger partial charge in [0, 0.05) is 13.0 Å². The van der Waals surface area contributed by atoms with Gasteiger partial charge in [0.15, 0.2) is 0 Å². The van der Waals surface area contributed by atoms with Crippen LogP contribution in [0.2, 0.25) is 0 Å². The molecule has 0 spiro atoms. The largest absolute Gasteiger partial charge is 0.489 e. The Labute approximate surface area is 173 Å². The van der Waals surface area contributed by atoms with Gasteiger partial charge in [-0.1, -0.05) is 31.2 Å². The summed E-state index contributed by atoms with van der Waals surface area (Å²) in [6, 6.07) is 19.0. The molecule has 0 saturated heterocycles. The highest BCUT2D eigenvalue weighted by Crippen LogP contribution is 2.22. The molecule has 3 aromatic carbocycles. The standard InChI is InChI=1S/C24H21FN2O3/c1-2-23-26-21-12-7-18(24(28)29)13-22(21)27(23)14-16-5-10-20(11-6-16)30-15-17-3-8-19(25)9-4-17/h3-13H,2,14-15H2,1H3,(H,28,29). The maximum Gasteiger partial charge on any atom is 0.335 e. The molecule has 0 amide bonds. The molecule has 30 heavy (non-hydrogen) atoms. The Kier molecular flexibility index (Phi) is 5.48. The van der Waals surface area contributed by atoms with E-state index in [1.807, 2.05) is 31.2 Å². The number of ether oxygens (including phenoxy) is 1. The zero-order chi connectivity index (χ0) is 21.1. The van der Waals surface area contributed by atoms with Crippen LogP contribution in [0.3, 0.4) is 0 Å². The normalized spacial score (nSPS) is 11.0. The molecule has 0 unspecified atom stereocenters. The second-order valence-electron chi connectivity index (χ2n) is 7.04. The predicted octanol–water partition coefficient (Wildman–Crippen LogP) is 5.06. The molecular weight excluding hydrogens is 383 g/mol. The monoisotopic (exact) mass is 404 g/mol. The molecule has 1 N–H and O–H groups in total. The second-order valence-corrected chi connectivity index (χ2v) is 7.04. The van der Waals surface area contributed by atoms with Gasteiger partial charge < -0.3 is 14.4 Å². The lowest BCUT2D eigenvalue weighted by atomic mass is 10.2. The Morgan fingerprint density at radius 2 is 1.73 bits per heavy atom. The van der Waals surface area contributed by atoms with Crippen molar-refractivity contribution >= 4 is 17.0 Å². The van der Waals surface area contributed by atoms with Crippen LogP contribution < -0.4 is 4.74 Å². The van der Waals surface area contributed by atoms with E-state index in [0.29, 0.717) is 13.2 Å². The summed E-state index contributed by atoms with van der Waals surface area (Å²) in [4.78, 5) is 16.0. The smallest absolute Gasteiger partial charge is 0.335 e. The molecule has 152 valence electrons. The van der Waals surface area contributed by atoms with Gasteiger partial charge in [0.25, 0.3) is 0 Å². The van der Waals surface area contributed by atoms with E-state index in [1.54, 1.807) is 30.3 Å². The zero-order valence-corrected chi connectivity index (χ0v) is 16.5. The third kappa shape index (κ3) is 4.17. The zero-order valence-electron chi connectivity index (χ0n) is 16.5. The minimum atomic E-state index is -0.953. The second kappa shape index (κ2) is 8.37. The summed E-state index contributed by atoms with van der Waals surface area (Å²) >= 11 is 0. The average Bonchev–Trinajstić information content (AvgIpc) is 3.11. The molecule has 4 rings (SSSR count). The molecule has 0 radical (unpaired) electrons. The number of hydrogen-bond donors (Lipinski definition) is 1. The van der Waals surface area contributed by atoms with Crippen LogP contribution in [0.15, 0.2) is 66.7 Å². The molecule has 0 aliphatic heterocycles. The SMILES string of the molecule is CCc1nc2ccc(C(=O)O)cc2n1Cc1ccc(OCc2ccc(F)cc2)cc1. The third-order valence-electron chi connectivity index (χ3n) is 4.97. The number of rotatable bonds is 7. The molecule has 0 bridgehead atoms. The predicted molar refractivity (Wildman–Crippen MR) is 112 cm³/mol. The fourth-order valence-corrected chi connectivity index (χ4v) is 3.37. The van der Waals surface area contributed by atoms with E-state index in [0.717, 1.165) is 40.2 Å². The van der Waals surface area contributed by atoms with Crippen molar-refractivity contribution in [3.63, 3.8) is 0 Å². The van der Waals surface area contributed by atoms with Crippen molar-refractivity contribution in [2.24, 2.45) is 0 Å². The highest BCUT2D eigenvalue weighted by Gasteiger charge is 2.13. The van der Waals surface area contributed by atoms with Gasteiger partial charge in [-0.2, -0.15) is 0 Å². The summed E-state index contributed by atoms with van der Waals surface area (Å²) in [6.45, 7) is 2.98. The minimum Gasteiger partial charge on any atom is -0.489 e. The first kappa shape index (κ1) is 19.6. The fraction of sp³-hybridized carbons (Fsp3) is 0.167. The van der Waals surface area contributed by atoms with Crippen molar-refractivity contribution in [3.05, 3.63) is 95.1 Å². The summed E-state index contributed by atoms with van der Waals surface area (Å²) in [6.07, 6.45) is 0.746. The summed E-state index contributed by atoms with van der Waals surface area (Å²) < 4.78 is 20.8. The Morgan fingerprint density at radius 1 is 1.03 bits per heavy atom. The van der Waals surface area contributed by atoms with E-state index >= 15 is 0 Å². The first-order valence-electron chi connectivity index (χ1n) is 9.72. The molecule has 4 aromatic rings. The number of aromatic nitrogens is 2. The Hall–Kier alpha value is -3.67. The molecule has 0 saturated carbocycles. The van der Waals surface area contributed by atoms with E-state index in [9.17, 15) is 14.3 Å². The van der Waals surface area contributed by atoms with Crippen molar-refractivity contribution in [1.82, 2.24) is 9.55 Å². The van der Waals surface area contributed by atoms with Gasteiger partial charge in [-0.25, -0.2) is 14.2 Å². The van der Waals surface area contributed by atoms with Crippen LogP contribution in [0.1, 0.15) is 34.2 Å². The minimum absolute atomic E-state index is 0.246. The molecule has 0 atom stereocenters. The average molecular weight is 404 g/mol. The molecule has 1 aromatic heterocycles. The molecular formula is C24H21FN2O3. The number of carboxylic acids is 1. The first-order chi connectivity index (χ1) is 14.5. The maximum absolute atomic E-state index is 13.0. The van der Waals surface area contributed by atoms with Gasteiger partial charge in [0.2, 0.25) is 0 Å². The number of carboxylic acid groups (broad SMARTS) is 1. The van der Waals surface area contributed by atoms with Gasteiger partial charge in [0.1, 0.15) is 24.0 Å². The van der Waals surface area contributed by atoms with Crippen molar-refractivity contribution < 1.29 is 19.0 Å². The lowest BCUT2D eigenvalue weighted by Crippen LogP contribution is -2.05. The van der Waals surface area contributed by atoms with E-state index in [2.05, 4.69) is 9.55 Å². The summed E-state index contributed by atoms with van der Waals surface area (Å²) in [5.74, 6) is 0.411. The summed E-state index contributed by atoms with van der Waals surface area (Å²) in [5.41, 5.74) is 3.79. The lowest BCUT2D eigenvalue weighted by Gasteiger charge is -2.10. The number of fused-ring (bicyclic) bond motifs is 1. The maximum atomic E-state index is 13.0. The van der Waals surface area contributed by atoms with Crippen LogP contribution >= 0.6 is 0 Å². The molecule has 0 aliphatic rings. The van der Waals surface area contributed by atoms with Crippen molar-refractivity contribution in [2.45, 2.75) is 26.5 Å². The highest BCUT2D eigenvalue weighted by atomic mass is 19.1.